The molecule has 102 valence electrons. The molecule has 1 unspecified atom stereocenters. The standard InChI is InChI=1S/C13H22N2O3/c1-18-13(17)10-4-7-15(8-5-10)12(16)9-11-3-2-6-14-11/h10-11,14H,2-9H2,1H3. The molecule has 2 rings (SSSR count). The van der Waals surface area contributed by atoms with Gasteiger partial charge in [0, 0.05) is 25.6 Å². The minimum Gasteiger partial charge on any atom is -0.469 e. The first kappa shape index (κ1) is 13.3. The highest BCUT2D eigenvalue weighted by Crippen LogP contribution is 2.20. The molecule has 0 aliphatic carbocycles. The molecule has 0 aromatic carbocycles. The van der Waals surface area contributed by atoms with Gasteiger partial charge < -0.3 is 15.0 Å². The summed E-state index contributed by atoms with van der Waals surface area (Å²) in [5, 5.41) is 3.34. The van der Waals surface area contributed by atoms with Crippen molar-refractivity contribution in [3.63, 3.8) is 0 Å². The van der Waals surface area contributed by atoms with Gasteiger partial charge in [-0.15, -0.1) is 0 Å². The molecule has 5 nitrogen and oxygen atoms in total. The van der Waals surface area contributed by atoms with Gasteiger partial charge in [0.15, 0.2) is 0 Å². The number of ether oxygens (including phenoxy) is 1. The van der Waals surface area contributed by atoms with Gasteiger partial charge in [-0.25, -0.2) is 0 Å². The van der Waals surface area contributed by atoms with Crippen molar-refractivity contribution >= 4 is 11.9 Å². The van der Waals surface area contributed by atoms with Crippen molar-refractivity contribution in [1.29, 1.82) is 0 Å². The lowest BCUT2D eigenvalue weighted by molar-refractivity contribution is -0.149. The molecule has 0 bridgehead atoms. The van der Waals surface area contributed by atoms with Gasteiger partial charge >= 0.3 is 5.97 Å². The van der Waals surface area contributed by atoms with Crippen LogP contribution in [0.1, 0.15) is 32.1 Å². The quantitative estimate of drug-likeness (QED) is 0.747. The number of nitrogens with one attached hydrogen (secondary N) is 1. The number of esters is 1. The van der Waals surface area contributed by atoms with Crippen LogP contribution >= 0.6 is 0 Å². The lowest BCUT2D eigenvalue weighted by atomic mass is 9.96. The number of piperidine rings is 1. The van der Waals surface area contributed by atoms with Gasteiger partial charge in [-0.2, -0.15) is 0 Å². The van der Waals surface area contributed by atoms with Crippen LogP contribution in [0.3, 0.4) is 0 Å². The van der Waals surface area contributed by atoms with Crippen LogP contribution < -0.4 is 5.32 Å². The average Bonchev–Trinajstić information content (AvgIpc) is 2.91. The van der Waals surface area contributed by atoms with Crippen molar-refractivity contribution in [3.05, 3.63) is 0 Å². The Labute approximate surface area is 108 Å². The monoisotopic (exact) mass is 254 g/mol. The zero-order chi connectivity index (χ0) is 13.0. The van der Waals surface area contributed by atoms with E-state index in [9.17, 15) is 9.59 Å². The third-order valence-electron chi connectivity index (χ3n) is 3.97. The first-order valence-corrected chi connectivity index (χ1v) is 6.79. The maximum absolute atomic E-state index is 12.1. The largest absolute Gasteiger partial charge is 0.469 e. The Kier molecular flexibility index (Phi) is 4.58. The summed E-state index contributed by atoms with van der Waals surface area (Å²) in [5.41, 5.74) is 0. The van der Waals surface area contributed by atoms with Crippen LogP contribution in [0.25, 0.3) is 0 Å². The van der Waals surface area contributed by atoms with Crippen molar-refractivity contribution in [3.8, 4) is 0 Å². The van der Waals surface area contributed by atoms with Gasteiger partial charge in [0.2, 0.25) is 5.91 Å². The summed E-state index contributed by atoms with van der Waals surface area (Å²) in [6.07, 6.45) is 4.34. The molecule has 2 saturated heterocycles. The molecular formula is C13H22N2O3. The molecule has 2 heterocycles. The molecule has 2 fully saturated rings. The fourth-order valence-electron chi connectivity index (χ4n) is 2.80. The van der Waals surface area contributed by atoms with Gasteiger partial charge in [-0.3, -0.25) is 9.59 Å². The van der Waals surface area contributed by atoms with Crippen molar-refractivity contribution in [2.75, 3.05) is 26.7 Å². The minimum atomic E-state index is -0.139. The summed E-state index contributed by atoms with van der Waals surface area (Å²) < 4.78 is 4.74. The highest BCUT2D eigenvalue weighted by atomic mass is 16.5. The third-order valence-corrected chi connectivity index (χ3v) is 3.97. The van der Waals surface area contributed by atoms with Gasteiger partial charge in [-0.1, -0.05) is 0 Å². The molecule has 0 spiro atoms. The molecule has 0 aromatic rings. The second kappa shape index (κ2) is 6.18. The zero-order valence-electron chi connectivity index (χ0n) is 11.0. The highest BCUT2D eigenvalue weighted by Gasteiger charge is 2.29. The van der Waals surface area contributed by atoms with Crippen LogP contribution in [0.15, 0.2) is 0 Å². The van der Waals surface area contributed by atoms with E-state index in [0.29, 0.717) is 25.6 Å². The Morgan fingerprint density at radius 2 is 2.00 bits per heavy atom. The normalized spacial score (nSPS) is 25.2. The van der Waals surface area contributed by atoms with Crippen molar-refractivity contribution in [2.24, 2.45) is 5.92 Å². The predicted molar refractivity (Wildman–Crippen MR) is 67.0 cm³/mol. The Balaban J connectivity index is 1.74. The highest BCUT2D eigenvalue weighted by molar-refractivity contribution is 5.78. The molecule has 2 aliphatic rings. The van der Waals surface area contributed by atoms with E-state index in [0.717, 1.165) is 25.8 Å². The number of methoxy groups -OCH3 is 1. The van der Waals surface area contributed by atoms with Crippen LogP contribution in [0.5, 0.6) is 0 Å². The maximum Gasteiger partial charge on any atom is 0.308 e. The summed E-state index contributed by atoms with van der Waals surface area (Å²) in [4.78, 5) is 25.3. The Morgan fingerprint density at radius 1 is 1.28 bits per heavy atom. The lowest BCUT2D eigenvalue weighted by Crippen LogP contribution is -2.42. The number of rotatable bonds is 3. The van der Waals surface area contributed by atoms with Crippen LogP contribution in [0.4, 0.5) is 0 Å². The van der Waals surface area contributed by atoms with E-state index in [1.807, 2.05) is 4.90 Å². The molecule has 1 amide bonds. The second-order valence-electron chi connectivity index (χ2n) is 5.18. The van der Waals surface area contributed by atoms with Crippen molar-refractivity contribution in [1.82, 2.24) is 10.2 Å². The summed E-state index contributed by atoms with van der Waals surface area (Å²) in [6, 6.07) is 0.357. The smallest absolute Gasteiger partial charge is 0.308 e. The van der Waals surface area contributed by atoms with Gasteiger partial charge in [0.05, 0.1) is 13.0 Å². The number of carbonyl (C=O) groups excluding carboxylic acids is 2. The molecule has 5 heteroatoms. The van der Waals surface area contributed by atoms with Crippen LogP contribution in [-0.4, -0.2) is 49.6 Å². The van der Waals surface area contributed by atoms with E-state index in [1.54, 1.807) is 0 Å². The number of amides is 1. The van der Waals surface area contributed by atoms with E-state index in [4.69, 9.17) is 4.74 Å². The SMILES string of the molecule is COC(=O)C1CCN(C(=O)CC2CCCN2)CC1. The molecule has 1 atom stereocenters. The summed E-state index contributed by atoms with van der Waals surface area (Å²) in [5.74, 6) is 0.0564. The maximum atomic E-state index is 12.1. The van der Waals surface area contributed by atoms with E-state index in [-0.39, 0.29) is 17.8 Å². The van der Waals surface area contributed by atoms with Crippen molar-refractivity contribution in [2.45, 2.75) is 38.1 Å². The van der Waals surface area contributed by atoms with E-state index < -0.39 is 0 Å². The molecule has 0 aromatic heterocycles. The summed E-state index contributed by atoms with van der Waals surface area (Å²) in [6.45, 7) is 2.40. The van der Waals surface area contributed by atoms with Gasteiger partial charge in [0.25, 0.3) is 0 Å². The lowest BCUT2D eigenvalue weighted by Gasteiger charge is -2.31. The van der Waals surface area contributed by atoms with E-state index >= 15 is 0 Å². The first-order chi connectivity index (χ1) is 8.70. The molecule has 0 saturated carbocycles. The van der Waals surface area contributed by atoms with Crippen LogP contribution in [0.2, 0.25) is 0 Å². The number of likely N-dealkylation sites (tertiary alicyclic amines) is 1. The average molecular weight is 254 g/mol. The summed E-state index contributed by atoms with van der Waals surface area (Å²) >= 11 is 0. The third kappa shape index (κ3) is 3.22. The van der Waals surface area contributed by atoms with Gasteiger partial charge in [0.1, 0.15) is 0 Å². The molecule has 18 heavy (non-hydrogen) atoms. The predicted octanol–water partition coefficient (Wildman–Crippen LogP) is 0.540. The van der Waals surface area contributed by atoms with Gasteiger partial charge in [-0.05, 0) is 32.2 Å². The van der Waals surface area contributed by atoms with E-state index in [2.05, 4.69) is 5.32 Å². The molecule has 0 radical (unpaired) electrons. The Hall–Kier alpha value is -1.10. The summed E-state index contributed by atoms with van der Waals surface area (Å²) in [7, 11) is 1.42. The van der Waals surface area contributed by atoms with Crippen LogP contribution in [0, 0.1) is 5.92 Å². The Bertz CT molecular complexity index is 305. The fraction of sp³-hybridized carbons (Fsp3) is 0.846. The van der Waals surface area contributed by atoms with E-state index in [1.165, 1.54) is 13.5 Å². The van der Waals surface area contributed by atoms with Crippen molar-refractivity contribution < 1.29 is 14.3 Å². The zero-order valence-corrected chi connectivity index (χ0v) is 11.0. The van der Waals surface area contributed by atoms with Crippen LogP contribution in [-0.2, 0) is 14.3 Å². The molecule has 2 aliphatic heterocycles. The fourth-order valence-corrected chi connectivity index (χ4v) is 2.80. The number of hydrogen-bond acceptors (Lipinski definition) is 4. The minimum absolute atomic E-state index is 0.0244. The number of carbonyl (C=O) groups is 2. The first-order valence-electron chi connectivity index (χ1n) is 6.79. The molecule has 1 N–H and O–H groups in total. The Morgan fingerprint density at radius 3 is 2.56 bits per heavy atom. The number of nitrogens with zero attached hydrogens (tertiary/aromatic N) is 1. The number of hydrogen-bond donors (Lipinski definition) is 1. The second-order valence-corrected chi connectivity index (χ2v) is 5.18. The topological polar surface area (TPSA) is 58.6 Å². The molecular weight excluding hydrogens is 232 g/mol.